The summed E-state index contributed by atoms with van der Waals surface area (Å²) in [5.74, 6) is 0. The van der Waals surface area contributed by atoms with Gasteiger partial charge in [0.25, 0.3) is 0 Å². The summed E-state index contributed by atoms with van der Waals surface area (Å²) in [6.07, 6.45) is 2.57. The summed E-state index contributed by atoms with van der Waals surface area (Å²) in [6.45, 7) is 3.20. The summed E-state index contributed by atoms with van der Waals surface area (Å²) in [7, 11) is 0. The van der Waals surface area contributed by atoms with E-state index in [0.717, 1.165) is 18.5 Å². The topological polar surface area (TPSA) is 51.2 Å². The minimum Gasteiger partial charge on any atom is -0.393 e. The van der Waals surface area contributed by atoms with Gasteiger partial charge in [-0.3, -0.25) is 0 Å². The van der Waals surface area contributed by atoms with Gasteiger partial charge >= 0.3 is 0 Å². The maximum atomic E-state index is 9.31. The second-order valence-electron chi connectivity index (χ2n) is 4.21. The third-order valence-electron chi connectivity index (χ3n) is 2.88. The molecule has 0 saturated heterocycles. The Bertz CT molecular complexity index is 474. The average molecular weight is 218 g/mol. The molecule has 0 saturated carbocycles. The van der Waals surface area contributed by atoms with Crippen LogP contribution in [0.25, 0.3) is 10.9 Å². The number of aliphatic hydroxyl groups excluding tert-OH is 1. The van der Waals surface area contributed by atoms with Crippen molar-refractivity contribution in [2.75, 3.05) is 0 Å². The third kappa shape index (κ3) is 2.10. The lowest BCUT2D eigenvalue weighted by Gasteiger charge is -2.09. The molecule has 0 radical (unpaired) electrons. The number of aliphatic hydroxyl groups is 1. The van der Waals surface area contributed by atoms with Gasteiger partial charge in [0.05, 0.1) is 11.6 Å². The van der Waals surface area contributed by atoms with Crippen molar-refractivity contribution in [1.29, 1.82) is 0 Å². The second-order valence-corrected chi connectivity index (χ2v) is 4.21. The summed E-state index contributed by atoms with van der Waals surface area (Å²) in [4.78, 5) is 0. The van der Waals surface area contributed by atoms with Crippen LogP contribution in [0.1, 0.15) is 18.9 Å². The molecule has 86 valence electrons. The van der Waals surface area contributed by atoms with E-state index >= 15 is 0 Å². The Labute approximate surface area is 95.5 Å². The fourth-order valence-corrected chi connectivity index (χ4v) is 2.02. The molecule has 0 bridgehead atoms. The first-order valence-electron chi connectivity index (χ1n) is 5.67. The van der Waals surface area contributed by atoms with Gasteiger partial charge in [0.15, 0.2) is 0 Å². The summed E-state index contributed by atoms with van der Waals surface area (Å²) < 4.78 is 2.17. The van der Waals surface area contributed by atoms with Gasteiger partial charge in [-0.25, -0.2) is 0 Å². The van der Waals surface area contributed by atoms with Crippen LogP contribution >= 0.6 is 0 Å². The average Bonchev–Trinajstić information content (AvgIpc) is 2.69. The number of fused-ring (bicyclic) bond motifs is 1. The molecule has 3 heteroatoms. The maximum Gasteiger partial charge on any atom is 0.0529 e. The fourth-order valence-electron chi connectivity index (χ4n) is 2.02. The summed E-state index contributed by atoms with van der Waals surface area (Å²) in [5, 5.41) is 10.5. The zero-order valence-electron chi connectivity index (χ0n) is 9.56. The van der Waals surface area contributed by atoms with Crippen molar-refractivity contribution in [3.05, 3.63) is 36.0 Å². The monoisotopic (exact) mass is 218 g/mol. The largest absolute Gasteiger partial charge is 0.393 e. The van der Waals surface area contributed by atoms with E-state index < -0.39 is 0 Å². The number of nitrogens with two attached hydrogens (primary N) is 1. The normalized spacial score (nSPS) is 13.2. The van der Waals surface area contributed by atoms with Gasteiger partial charge in [0.2, 0.25) is 0 Å². The number of hydrogen-bond donors (Lipinski definition) is 2. The van der Waals surface area contributed by atoms with Crippen LogP contribution in [0.3, 0.4) is 0 Å². The molecule has 0 amide bonds. The highest BCUT2D eigenvalue weighted by Crippen LogP contribution is 2.20. The van der Waals surface area contributed by atoms with Gasteiger partial charge in [0.1, 0.15) is 0 Å². The van der Waals surface area contributed by atoms with Gasteiger partial charge in [-0.15, -0.1) is 0 Å². The minimum absolute atomic E-state index is 0.262. The van der Waals surface area contributed by atoms with Crippen LogP contribution in [-0.2, 0) is 13.1 Å². The maximum absolute atomic E-state index is 9.31. The molecule has 3 N–H and O–H groups in total. The Kier molecular flexibility index (Phi) is 3.27. The van der Waals surface area contributed by atoms with Crippen LogP contribution in [0.5, 0.6) is 0 Å². The molecule has 0 fully saturated rings. The highest BCUT2D eigenvalue weighted by molar-refractivity contribution is 5.83. The smallest absolute Gasteiger partial charge is 0.0529 e. The zero-order valence-corrected chi connectivity index (χ0v) is 9.56. The van der Waals surface area contributed by atoms with Crippen molar-refractivity contribution in [1.82, 2.24) is 4.57 Å². The van der Waals surface area contributed by atoms with Crippen LogP contribution < -0.4 is 5.73 Å². The third-order valence-corrected chi connectivity index (χ3v) is 2.88. The van der Waals surface area contributed by atoms with E-state index in [0.29, 0.717) is 6.54 Å². The van der Waals surface area contributed by atoms with Crippen molar-refractivity contribution >= 4 is 10.9 Å². The van der Waals surface area contributed by atoms with E-state index in [1.165, 1.54) is 10.9 Å². The van der Waals surface area contributed by atoms with Gasteiger partial charge in [0, 0.05) is 19.3 Å². The van der Waals surface area contributed by atoms with Crippen molar-refractivity contribution in [2.45, 2.75) is 32.5 Å². The number of para-hydroxylation sites is 1. The van der Waals surface area contributed by atoms with Gasteiger partial charge in [-0.05, 0) is 30.4 Å². The second kappa shape index (κ2) is 4.68. The van der Waals surface area contributed by atoms with Crippen LogP contribution in [0.4, 0.5) is 0 Å². The molecule has 0 aliphatic heterocycles. The molecule has 1 unspecified atom stereocenters. The van der Waals surface area contributed by atoms with Gasteiger partial charge < -0.3 is 15.4 Å². The molecule has 0 aliphatic rings. The zero-order chi connectivity index (χ0) is 11.5. The molecule has 1 aromatic heterocycles. The lowest BCUT2D eigenvalue weighted by molar-refractivity contribution is 0.178. The fraction of sp³-hybridized carbons (Fsp3) is 0.385. The number of benzene rings is 1. The van der Waals surface area contributed by atoms with Crippen molar-refractivity contribution < 1.29 is 5.11 Å². The highest BCUT2D eigenvalue weighted by Gasteiger charge is 2.06. The molecule has 1 atom stereocenters. The summed E-state index contributed by atoms with van der Waals surface area (Å²) in [6, 6.07) is 8.27. The molecule has 0 spiro atoms. The first-order chi connectivity index (χ1) is 7.72. The molecule has 16 heavy (non-hydrogen) atoms. The van der Waals surface area contributed by atoms with Crippen LogP contribution in [0.15, 0.2) is 30.5 Å². The van der Waals surface area contributed by atoms with E-state index in [1.54, 1.807) is 0 Å². The molecule has 0 aliphatic carbocycles. The molecule has 3 nitrogen and oxygen atoms in total. The van der Waals surface area contributed by atoms with Gasteiger partial charge in [-0.2, -0.15) is 0 Å². The van der Waals surface area contributed by atoms with E-state index in [9.17, 15) is 5.11 Å². The number of aromatic nitrogens is 1. The Hall–Kier alpha value is -1.32. The Balaban J connectivity index is 2.38. The highest BCUT2D eigenvalue weighted by atomic mass is 16.3. The molecular formula is C13H18N2O. The first-order valence-corrected chi connectivity index (χ1v) is 5.67. The molecular weight excluding hydrogens is 200 g/mol. The molecule has 2 rings (SSSR count). The Morgan fingerprint density at radius 1 is 1.38 bits per heavy atom. The van der Waals surface area contributed by atoms with Crippen molar-refractivity contribution in [2.24, 2.45) is 5.73 Å². The summed E-state index contributed by atoms with van der Waals surface area (Å²) >= 11 is 0. The lowest BCUT2D eigenvalue weighted by atomic mass is 10.1. The Morgan fingerprint density at radius 2 is 2.19 bits per heavy atom. The van der Waals surface area contributed by atoms with Crippen molar-refractivity contribution in [3.8, 4) is 0 Å². The SMILES string of the molecule is CC(O)CCn1ccc2cccc(CN)c21. The lowest BCUT2D eigenvalue weighted by Crippen LogP contribution is -2.07. The van der Waals surface area contributed by atoms with E-state index in [4.69, 9.17) is 5.73 Å². The number of nitrogens with zero attached hydrogens (tertiary/aromatic N) is 1. The number of hydrogen-bond acceptors (Lipinski definition) is 2. The Morgan fingerprint density at radius 3 is 2.88 bits per heavy atom. The van der Waals surface area contributed by atoms with Crippen LogP contribution in [0, 0.1) is 0 Å². The molecule has 2 aromatic rings. The molecule has 1 aromatic carbocycles. The van der Waals surface area contributed by atoms with Crippen LogP contribution in [0.2, 0.25) is 0 Å². The first kappa shape index (κ1) is 11.2. The van der Waals surface area contributed by atoms with Crippen molar-refractivity contribution in [3.63, 3.8) is 0 Å². The molecule has 1 heterocycles. The van der Waals surface area contributed by atoms with E-state index in [-0.39, 0.29) is 6.10 Å². The predicted octanol–water partition coefficient (Wildman–Crippen LogP) is 1.87. The minimum atomic E-state index is -0.262. The predicted molar refractivity (Wildman–Crippen MR) is 66.1 cm³/mol. The van der Waals surface area contributed by atoms with Gasteiger partial charge in [-0.1, -0.05) is 18.2 Å². The standard InChI is InChI=1S/C13H18N2O/c1-10(16)5-7-15-8-6-11-3-2-4-12(9-14)13(11)15/h2-4,6,8,10,16H,5,7,9,14H2,1H3. The van der Waals surface area contributed by atoms with E-state index in [1.807, 2.05) is 13.0 Å². The van der Waals surface area contributed by atoms with Crippen LogP contribution in [-0.4, -0.2) is 15.8 Å². The number of rotatable bonds is 4. The number of aryl methyl sites for hydroxylation is 1. The summed E-state index contributed by atoms with van der Waals surface area (Å²) in [5.41, 5.74) is 8.10. The quantitative estimate of drug-likeness (QED) is 0.823. The van der Waals surface area contributed by atoms with E-state index in [2.05, 4.69) is 29.0 Å².